The molecule has 2 atom stereocenters. The predicted molar refractivity (Wildman–Crippen MR) is 48.6 cm³/mol. The SMILES string of the molecule is COC(C)NC(=O)[C@@H](C)C(C)C. The predicted octanol–water partition coefficient (Wildman–Crippen LogP) is 1.39. The molecule has 72 valence electrons. The van der Waals surface area contributed by atoms with Gasteiger partial charge in [0.15, 0.2) is 0 Å². The van der Waals surface area contributed by atoms with Gasteiger partial charge in [0.25, 0.3) is 0 Å². The number of hydrogen-bond donors (Lipinski definition) is 1. The van der Waals surface area contributed by atoms with Crippen LogP contribution in [0.1, 0.15) is 27.7 Å². The molecule has 1 amide bonds. The zero-order chi connectivity index (χ0) is 9.72. The van der Waals surface area contributed by atoms with Crippen molar-refractivity contribution in [2.24, 2.45) is 11.8 Å². The summed E-state index contributed by atoms with van der Waals surface area (Å²) in [5, 5.41) is 2.75. The van der Waals surface area contributed by atoms with Crippen LogP contribution >= 0.6 is 0 Å². The van der Waals surface area contributed by atoms with Crippen LogP contribution in [-0.2, 0) is 9.53 Å². The Hall–Kier alpha value is -0.570. The molecule has 0 aliphatic heterocycles. The molecule has 0 heterocycles. The second-order valence-electron chi connectivity index (χ2n) is 3.42. The van der Waals surface area contributed by atoms with Crippen LogP contribution in [0.4, 0.5) is 0 Å². The highest BCUT2D eigenvalue weighted by Crippen LogP contribution is 2.09. The van der Waals surface area contributed by atoms with Crippen molar-refractivity contribution in [1.82, 2.24) is 5.32 Å². The minimum absolute atomic E-state index is 0.0441. The number of ether oxygens (including phenoxy) is 1. The second kappa shape index (κ2) is 5.14. The summed E-state index contributed by atoms with van der Waals surface area (Å²) in [5.74, 6) is 0.469. The van der Waals surface area contributed by atoms with Crippen molar-refractivity contribution in [1.29, 1.82) is 0 Å². The van der Waals surface area contributed by atoms with Crippen LogP contribution in [0.5, 0.6) is 0 Å². The minimum atomic E-state index is -0.196. The van der Waals surface area contributed by atoms with Crippen LogP contribution in [0.2, 0.25) is 0 Å². The highest BCUT2D eigenvalue weighted by atomic mass is 16.5. The molecule has 12 heavy (non-hydrogen) atoms. The molecule has 3 nitrogen and oxygen atoms in total. The third-order valence-electron chi connectivity index (χ3n) is 2.11. The summed E-state index contributed by atoms with van der Waals surface area (Å²) in [5.41, 5.74) is 0. The summed E-state index contributed by atoms with van der Waals surface area (Å²) >= 11 is 0. The van der Waals surface area contributed by atoms with Gasteiger partial charge in [-0.2, -0.15) is 0 Å². The normalized spacial score (nSPS) is 15.8. The number of rotatable bonds is 4. The Morgan fingerprint density at radius 2 is 1.75 bits per heavy atom. The minimum Gasteiger partial charge on any atom is -0.362 e. The standard InChI is InChI=1S/C9H19NO2/c1-6(2)7(3)9(11)10-8(4)12-5/h6-8H,1-5H3,(H,10,11)/t7-,8?/m0/s1. The summed E-state index contributed by atoms with van der Waals surface area (Å²) in [4.78, 5) is 11.4. The van der Waals surface area contributed by atoms with E-state index < -0.39 is 0 Å². The lowest BCUT2D eigenvalue weighted by atomic mass is 9.97. The molecule has 0 aromatic heterocycles. The first-order valence-corrected chi connectivity index (χ1v) is 4.32. The molecule has 0 rings (SSSR count). The van der Waals surface area contributed by atoms with Crippen LogP contribution in [0.15, 0.2) is 0 Å². The quantitative estimate of drug-likeness (QED) is 0.652. The maximum Gasteiger partial charge on any atom is 0.225 e. The molecule has 0 aromatic carbocycles. The van der Waals surface area contributed by atoms with E-state index in [9.17, 15) is 4.79 Å². The molecule has 0 radical (unpaired) electrons. The van der Waals surface area contributed by atoms with Gasteiger partial charge in [-0.25, -0.2) is 0 Å². The zero-order valence-corrected chi connectivity index (χ0v) is 8.55. The van der Waals surface area contributed by atoms with Gasteiger partial charge in [0.1, 0.15) is 6.23 Å². The third-order valence-corrected chi connectivity index (χ3v) is 2.11. The van der Waals surface area contributed by atoms with Crippen molar-refractivity contribution in [3.8, 4) is 0 Å². The lowest BCUT2D eigenvalue weighted by molar-refractivity contribution is -0.129. The fourth-order valence-electron chi connectivity index (χ4n) is 0.693. The van der Waals surface area contributed by atoms with E-state index in [1.54, 1.807) is 7.11 Å². The molecule has 0 aliphatic carbocycles. The van der Waals surface area contributed by atoms with Crippen molar-refractivity contribution in [2.45, 2.75) is 33.9 Å². The Balaban J connectivity index is 3.87. The van der Waals surface area contributed by atoms with Gasteiger partial charge < -0.3 is 10.1 Å². The van der Waals surface area contributed by atoms with E-state index in [0.717, 1.165) is 0 Å². The van der Waals surface area contributed by atoms with Crippen molar-refractivity contribution < 1.29 is 9.53 Å². The largest absolute Gasteiger partial charge is 0.362 e. The first-order chi connectivity index (χ1) is 5.49. The van der Waals surface area contributed by atoms with Gasteiger partial charge in [0.2, 0.25) is 5.91 Å². The molecule has 0 aromatic rings. The van der Waals surface area contributed by atoms with Gasteiger partial charge in [-0.1, -0.05) is 20.8 Å². The van der Waals surface area contributed by atoms with E-state index in [2.05, 4.69) is 5.32 Å². The van der Waals surface area contributed by atoms with Gasteiger partial charge >= 0.3 is 0 Å². The number of hydrogen-bond acceptors (Lipinski definition) is 2. The fraction of sp³-hybridized carbons (Fsp3) is 0.889. The van der Waals surface area contributed by atoms with E-state index in [1.807, 2.05) is 27.7 Å². The average Bonchev–Trinajstić information content (AvgIpc) is 2.02. The summed E-state index contributed by atoms with van der Waals surface area (Å²) in [6, 6.07) is 0. The first kappa shape index (κ1) is 11.4. The summed E-state index contributed by atoms with van der Waals surface area (Å²) in [6.45, 7) is 7.79. The first-order valence-electron chi connectivity index (χ1n) is 4.32. The van der Waals surface area contributed by atoms with E-state index in [4.69, 9.17) is 4.74 Å². The Labute approximate surface area is 74.5 Å². The number of nitrogens with one attached hydrogen (secondary N) is 1. The highest BCUT2D eigenvalue weighted by molar-refractivity contribution is 5.78. The van der Waals surface area contributed by atoms with Crippen LogP contribution in [0, 0.1) is 11.8 Å². The van der Waals surface area contributed by atoms with E-state index in [1.165, 1.54) is 0 Å². The molecule has 0 saturated heterocycles. The maximum absolute atomic E-state index is 11.4. The molecule has 0 saturated carbocycles. The van der Waals surface area contributed by atoms with Gasteiger partial charge in [-0.05, 0) is 12.8 Å². The van der Waals surface area contributed by atoms with Crippen LogP contribution in [-0.4, -0.2) is 19.2 Å². The summed E-state index contributed by atoms with van der Waals surface area (Å²) in [7, 11) is 1.57. The van der Waals surface area contributed by atoms with Gasteiger partial charge in [0, 0.05) is 13.0 Å². The molecule has 1 N–H and O–H groups in total. The maximum atomic E-state index is 11.4. The zero-order valence-electron chi connectivity index (χ0n) is 8.55. The molecular weight excluding hydrogens is 154 g/mol. The van der Waals surface area contributed by atoms with Crippen LogP contribution in [0.3, 0.4) is 0 Å². The molecule has 1 unspecified atom stereocenters. The van der Waals surface area contributed by atoms with Crippen molar-refractivity contribution in [3.63, 3.8) is 0 Å². The lowest BCUT2D eigenvalue weighted by Gasteiger charge is -2.18. The van der Waals surface area contributed by atoms with Crippen molar-refractivity contribution in [3.05, 3.63) is 0 Å². The lowest BCUT2D eigenvalue weighted by Crippen LogP contribution is -2.38. The number of methoxy groups -OCH3 is 1. The van der Waals surface area contributed by atoms with Crippen molar-refractivity contribution in [2.75, 3.05) is 7.11 Å². The molecular formula is C9H19NO2. The van der Waals surface area contributed by atoms with Gasteiger partial charge in [0.05, 0.1) is 0 Å². The summed E-state index contributed by atoms with van der Waals surface area (Å²) in [6.07, 6.45) is -0.196. The molecule has 0 aliphatic rings. The van der Waals surface area contributed by atoms with Crippen molar-refractivity contribution >= 4 is 5.91 Å². The number of carbonyl (C=O) groups is 1. The Bertz CT molecular complexity index is 145. The number of amides is 1. The Morgan fingerprint density at radius 1 is 1.25 bits per heavy atom. The molecule has 3 heteroatoms. The number of carbonyl (C=O) groups excluding carboxylic acids is 1. The van der Waals surface area contributed by atoms with E-state index >= 15 is 0 Å². The van der Waals surface area contributed by atoms with Crippen LogP contribution in [0.25, 0.3) is 0 Å². The van der Waals surface area contributed by atoms with E-state index in [0.29, 0.717) is 5.92 Å². The second-order valence-corrected chi connectivity index (χ2v) is 3.42. The summed E-state index contributed by atoms with van der Waals surface area (Å²) < 4.78 is 4.92. The fourth-order valence-corrected chi connectivity index (χ4v) is 0.693. The van der Waals surface area contributed by atoms with Gasteiger partial charge in [-0.15, -0.1) is 0 Å². The third kappa shape index (κ3) is 3.72. The van der Waals surface area contributed by atoms with Gasteiger partial charge in [-0.3, -0.25) is 4.79 Å². The topological polar surface area (TPSA) is 38.3 Å². The molecule has 0 spiro atoms. The van der Waals surface area contributed by atoms with Crippen LogP contribution < -0.4 is 5.32 Å². The highest BCUT2D eigenvalue weighted by Gasteiger charge is 2.17. The molecule has 0 bridgehead atoms. The van der Waals surface area contributed by atoms with E-state index in [-0.39, 0.29) is 18.1 Å². The smallest absolute Gasteiger partial charge is 0.225 e. The monoisotopic (exact) mass is 173 g/mol. The Morgan fingerprint density at radius 3 is 2.08 bits per heavy atom. The Kier molecular flexibility index (Phi) is 4.90. The average molecular weight is 173 g/mol. The molecule has 0 fully saturated rings.